The van der Waals surface area contributed by atoms with Crippen LogP contribution in [0.15, 0.2) is 77.7 Å². The van der Waals surface area contributed by atoms with E-state index < -0.39 is 0 Å². The zero-order valence-electron chi connectivity index (χ0n) is 19.9. The van der Waals surface area contributed by atoms with Gasteiger partial charge in [-0.25, -0.2) is 9.97 Å². The van der Waals surface area contributed by atoms with Gasteiger partial charge in [0.2, 0.25) is 5.91 Å². The average molecular weight is 468 g/mol. The van der Waals surface area contributed by atoms with Gasteiger partial charge in [0.1, 0.15) is 5.52 Å². The molecule has 3 heterocycles. The Kier molecular flexibility index (Phi) is 6.57. The maximum atomic E-state index is 13.6. The van der Waals surface area contributed by atoms with Gasteiger partial charge in [-0.2, -0.15) is 0 Å². The Hall–Kier alpha value is -4.00. The van der Waals surface area contributed by atoms with E-state index >= 15 is 0 Å². The predicted molar refractivity (Wildman–Crippen MR) is 137 cm³/mol. The van der Waals surface area contributed by atoms with E-state index in [0.717, 1.165) is 24.0 Å². The van der Waals surface area contributed by atoms with Crippen molar-refractivity contribution in [2.24, 2.45) is 5.92 Å². The second kappa shape index (κ2) is 10.1. The van der Waals surface area contributed by atoms with Gasteiger partial charge < -0.3 is 10.2 Å². The van der Waals surface area contributed by atoms with E-state index in [1.165, 1.54) is 5.56 Å². The molecule has 0 saturated carbocycles. The highest BCUT2D eigenvalue weighted by Crippen LogP contribution is 2.22. The number of pyridine rings is 1. The molecule has 1 N–H and O–H groups in total. The molecule has 4 aromatic rings. The Morgan fingerprint density at radius 2 is 1.89 bits per heavy atom. The van der Waals surface area contributed by atoms with Gasteiger partial charge in [0, 0.05) is 25.8 Å². The highest BCUT2D eigenvalue weighted by Gasteiger charge is 2.28. The van der Waals surface area contributed by atoms with Crippen LogP contribution in [0.4, 0.5) is 5.82 Å². The molecular weight excluding hydrogens is 438 g/mol. The standard InChI is InChI=1S/C28H29N5O2/c1-20-8-5-11-22(16-20)17-30-27(34)23-12-7-15-32(19-23)26-28(35)33(18-21-9-3-2-4-10-21)25-24(31-26)13-6-14-29-25/h2-6,8-11,13-14,16,23H,7,12,15,17-19H2,1H3,(H,30,34)/t23-/m1/s1. The minimum atomic E-state index is -0.193. The van der Waals surface area contributed by atoms with Crippen LogP contribution in [0.25, 0.3) is 11.2 Å². The van der Waals surface area contributed by atoms with E-state index in [0.29, 0.717) is 43.2 Å². The first-order valence-corrected chi connectivity index (χ1v) is 12.1. The van der Waals surface area contributed by atoms with Crippen LogP contribution >= 0.6 is 0 Å². The molecule has 0 spiro atoms. The summed E-state index contributed by atoms with van der Waals surface area (Å²) in [4.78, 5) is 37.7. The molecule has 178 valence electrons. The third-order valence-corrected chi connectivity index (χ3v) is 6.51. The molecule has 7 heteroatoms. The van der Waals surface area contributed by atoms with E-state index in [9.17, 15) is 9.59 Å². The summed E-state index contributed by atoms with van der Waals surface area (Å²) in [6.45, 7) is 4.12. The van der Waals surface area contributed by atoms with Gasteiger partial charge in [-0.1, -0.05) is 60.2 Å². The zero-order chi connectivity index (χ0) is 24.2. The number of hydrogen-bond donors (Lipinski definition) is 1. The summed E-state index contributed by atoms with van der Waals surface area (Å²) >= 11 is 0. The number of carbonyl (C=O) groups excluding carboxylic acids is 1. The van der Waals surface area contributed by atoms with Crippen LogP contribution in [0.5, 0.6) is 0 Å². The van der Waals surface area contributed by atoms with E-state index in [1.54, 1.807) is 10.8 Å². The van der Waals surface area contributed by atoms with E-state index in [4.69, 9.17) is 4.98 Å². The summed E-state index contributed by atoms with van der Waals surface area (Å²) in [5.74, 6) is 0.211. The number of benzene rings is 2. The second-order valence-corrected chi connectivity index (χ2v) is 9.15. The number of aromatic nitrogens is 3. The fraction of sp³-hybridized carbons (Fsp3) is 0.286. The van der Waals surface area contributed by atoms with E-state index in [2.05, 4.69) is 16.4 Å². The minimum absolute atomic E-state index is 0.0169. The smallest absolute Gasteiger partial charge is 0.295 e. The number of carbonyl (C=O) groups is 1. The molecule has 7 nitrogen and oxygen atoms in total. The number of piperidine rings is 1. The largest absolute Gasteiger partial charge is 0.352 e. The molecule has 1 amide bonds. The number of nitrogens with one attached hydrogen (secondary N) is 1. The Bertz CT molecular complexity index is 1400. The summed E-state index contributed by atoms with van der Waals surface area (Å²) in [5, 5.41) is 3.08. The van der Waals surface area contributed by atoms with E-state index in [1.807, 2.05) is 72.5 Å². The summed E-state index contributed by atoms with van der Waals surface area (Å²) in [6.07, 6.45) is 3.30. The summed E-state index contributed by atoms with van der Waals surface area (Å²) in [7, 11) is 0. The van der Waals surface area contributed by atoms with Crippen LogP contribution in [0.1, 0.15) is 29.5 Å². The van der Waals surface area contributed by atoms with Gasteiger partial charge in [-0.15, -0.1) is 0 Å². The van der Waals surface area contributed by atoms with Crippen molar-refractivity contribution in [3.63, 3.8) is 0 Å². The molecule has 2 aromatic heterocycles. The molecule has 0 radical (unpaired) electrons. The molecule has 1 aliphatic heterocycles. The highest BCUT2D eigenvalue weighted by molar-refractivity contribution is 5.79. The van der Waals surface area contributed by atoms with Crippen LogP contribution in [-0.2, 0) is 17.9 Å². The molecular formula is C28H29N5O2. The lowest BCUT2D eigenvalue weighted by Crippen LogP contribution is -2.45. The average Bonchev–Trinajstić information content (AvgIpc) is 2.89. The number of fused-ring (bicyclic) bond motifs is 1. The van der Waals surface area contributed by atoms with Gasteiger partial charge in [-0.05, 0) is 43.0 Å². The Morgan fingerprint density at radius 3 is 2.71 bits per heavy atom. The fourth-order valence-electron chi connectivity index (χ4n) is 4.72. The van der Waals surface area contributed by atoms with Crippen LogP contribution in [-0.4, -0.2) is 33.5 Å². The Morgan fingerprint density at radius 1 is 1.06 bits per heavy atom. The predicted octanol–water partition coefficient (Wildman–Crippen LogP) is 3.68. The Balaban J connectivity index is 1.39. The van der Waals surface area contributed by atoms with Crippen molar-refractivity contribution in [1.82, 2.24) is 19.9 Å². The van der Waals surface area contributed by atoms with Crippen molar-refractivity contribution in [3.05, 3.63) is 100.0 Å². The van der Waals surface area contributed by atoms with Crippen molar-refractivity contribution < 1.29 is 4.79 Å². The lowest BCUT2D eigenvalue weighted by atomic mass is 9.97. The van der Waals surface area contributed by atoms with Crippen molar-refractivity contribution in [2.75, 3.05) is 18.0 Å². The molecule has 2 aromatic carbocycles. The van der Waals surface area contributed by atoms with Crippen LogP contribution in [0, 0.1) is 12.8 Å². The summed E-state index contributed by atoms with van der Waals surface area (Å²) in [5.41, 5.74) is 4.33. The van der Waals surface area contributed by atoms with Gasteiger partial charge in [-0.3, -0.25) is 14.2 Å². The number of nitrogens with zero attached hydrogens (tertiary/aromatic N) is 4. The quantitative estimate of drug-likeness (QED) is 0.468. The molecule has 0 aliphatic carbocycles. The molecule has 0 bridgehead atoms. The van der Waals surface area contributed by atoms with Crippen LogP contribution in [0.3, 0.4) is 0 Å². The van der Waals surface area contributed by atoms with E-state index in [-0.39, 0.29) is 17.4 Å². The normalized spacial score (nSPS) is 15.8. The molecule has 1 saturated heterocycles. The van der Waals surface area contributed by atoms with Crippen LogP contribution in [0.2, 0.25) is 0 Å². The summed E-state index contributed by atoms with van der Waals surface area (Å²) < 4.78 is 1.69. The first kappa shape index (κ1) is 22.8. The molecule has 1 aliphatic rings. The number of aryl methyl sites for hydroxylation is 1. The second-order valence-electron chi connectivity index (χ2n) is 9.15. The van der Waals surface area contributed by atoms with Gasteiger partial charge >= 0.3 is 0 Å². The molecule has 1 atom stereocenters. The number of amides is 1. The maximum absolute atomic E-state index is 13.6. The number of rotatable bonds is 6. The van der Waals surface area contributed by atoms with Gasteiger partial charge in [0.15, 0.2) is 11.5 Å². The topological polar surface area (TPSA) is 80.1 Å². The number of anilines is 1. The molecule has 0 unspecified atom stereocenters. The zero-order valence-corrected chi connectivity index (χ0v) is 19.9. The first-order chi connectivity index (χ1) is 17.1. The molecule has 5 rings (SSSR count). The number of hydrogen-bond acceptors (Lipinski definition) is 5. The SMILES string of the molecule is Cc1cccc(CNC(=O)[C@@H]2CCCN(c3nc4cccnc4n(Cc4ccccc4)c3=O)C2)c1. The Labute approximate surface area is 204 Å². The fourth-order valence-corrected chi connectivity index (χ4v) is 4.72. The third-order valence-electron chi connectivity index (χ3n) is 6.51. The molecule has 35 heavy (non-hydrogen) atoms. The van der Waals surface area contributed by atoms with Crippen molar-refractivity contribution in [2.45, 2.75) is 32.9 Å². The van der Waals surface area contributed by atoms with Crippen molar-refractivity contribution in [1.29, 1.82) is 0 Å². The van der Waals surface area contributed by atoms with Crippen molar-refractivity contribution >= 4 is 22.9 Å². The highest BCUT2D eigenvalue weighted by atomic mass is 16.2. The third kappa shape index (κ3) is 5.09. The molecule has 1 fully saturated rings. The monoisotopic (exact) mass is 467 g/mol. The van der Waals surface area contributed by atoms with Gasteiger partial charge in [0.25, 0.3) is 5.56 Å². The summed E-state index contributed by atoms with van der Waals surface area (Å²) in [6, 6.07) is 21.7. The van der Waals surface area contributed by atoms with Gasteiger partial charge in [0.05, 0.1) is 12.5 Å². The van der Waals surface area contributed by atoms with Crippen LogP contribution < -0.4 is 15.8 Å². The lowest BCUT2D eigenvalue weighted by molar-refractivity contribution is -0.125. The maximum Gasteiger partial charge on any atom is 0.295 e. The lowest BCUT2D eigenvalue weighted by Gasteiger charge is -2.32. The first-order valence-electron chi connectivity index (χ1n) is 12.1. The van der Waals surface area contributed by atoms with Crippen molar-refractivity contribution in [3.8, 4) is 0 Å². The minimum Gasteiger partial charge on any atom is -0.352 e.